The van der Waals surface area contributed by atoms with Crippen LogP contribution in [0.2, 0.25) is 0 Å². The molecule has 13 rings (SSSR count). The average molecular weight is 1610 g/mol. The zero-order valence-electron chi connectivity index (χ0n) is 67.2. The number of ether oxygens (including phenoxy) is 3. The van der Waals surface area contributed by atoms with Gasteiger partial charge in [0.25, 0.3) is 0 Å². The highest BCUT2D eigenvalue weighted by atomic mass is 16.6. The van der Waals surface area contributed by atoms with E-state index in [2.05, 4.69) is 21.3 Å². The van der Waals surface area contributed by atoms with Crippen molar-refractivity contribution in [1.82, 2.24) is 60.5 Å². The molecule has 0 saturated carbocycles. The zero-order chi connectivity index (χ0) is 82.0. The van der Waals surface area contributed by atoms with Crippen LogP contribution in [0.5, 0.6) is 0 Å². The quantitative estimate of drug-likeness (QED) is 0.0589. The zero-order valence-corrected chi connectivity index (χ0v) is 67.2. The fraction of sp³-hybridized carbons (Fsp3) is 0.602. The number of amides is 12. The summed E-state index contributed by atoms with van der Waals surface area (Å²) in [7, 11) is -3.38. The Kier molecular flexibility index (Phi) is 33.2. The van der Waals surface area contributed by atoms with Gasteiger partial charge in [-0.2, -0.15) is 0 Å². The highest BCUT2D eigenvalue weighted by Crippen LogP contribution is 2.33. The number of carbonyl (C=O) groups is 9. The van der Waals surface area contributed by atoms with Gasteiger partial charge in [-0.1, -0.05) is 219 Å². The number of hydrogen-bond acceptors (Lipinski definition) is 18. The molecule has 4 aromatic carbocycles. The number of rotatable bonds is 8. The van der Waals surface area contributed by atoms with Gasteiger partial charge in [-0.05, 0) is 77.5 Å². The summed E-state index contributed by atoms with van der Waals surface area (Å²) < 4.78 is 17.4. The van der Waals surface area contributed by atoms with Crippen LogP contribution < -0.4 is 21.3 Å². The van der Waals surface area contributed by atoms with Gasteiger partial charge in [-0.15, -0.1) is 0 Å². The van der Waals surface area contributed by atoms with Gasteiger partial charge in [-0.25, -0.2) is 28.8 Å². The van der Waals surface area contributed by atoms with Crippen LogP contribution in [-0.2, 0) is 74.4 Å². The Hall–Kier alpha value is -9.14. The molecule has 0 unspecified atom stereocenters. The number of fused-ring (bicyclic) bond motifs is 6. The molecular formula is C83H119B3N12O18. The minimum absolute atomic E-state index is 0.0844. The van der Waals surface area contributed by atoms with Crippen molar-refractivity contribution in [2.45, 2.75) is 273 Å². The average Bonchev–Trinajstić information content (AvgIpc) is 1.66. The summed E-state index contributed by atoms with van der Waals surface area (Å²) in [5.41, 5.74) is 7.47. The van der Waals surface area contributed by atoms with Gasteiger partial charge < -0.3 is 90.1 Å². The standard InChI is InChI=1S/C32H43BN4O6.C26H39BN4O6.C25H37BN4O6/c38-30-28-19-27(43-32(40)36-21-25-15-10-11-16-26(25)22-36)23-37(28)31(39)35(20-24-13-7-6-8-14-24)18-12-5-3-1-2-4-9-17-29(34-30)33(41)42;1-29-14-10-6-4-2-3-5-7-13-23(27(35)36)28-24(32)22-15-21(18-31(22)25(29)33)37-26(34)30-16-19-11-8-9-12-20(19)17-30;31-23-21-14-20(36-25(33)29-15-18-10-7-8-11-19(18)16-29)17-30(21)24(32)27-13-9-5-3-1-2-4-6-12-22(28-23)26(34)35/h6-8,10-11,13-16,27-29,41-42H,1-5,9,12,17-23H2,(H,34,38);8-9,11-12,21-23,35-36H,2-7,10,13-18H2,1H3,(H,28,32);7-8,10-11,20-22,34-35H,1-6,9,12-17H2,(H,27,32)(H,28,31)/t27-,28+,29+;21-,22+,23+;20-,21+,22+/m111/s1. The highest BCUT2D eigenvalue weighted by molar-refractivity contribution is 6.44. The van der Waals surface area contributed by atoms with E-state index in [9.17, 15) is 73.3 Å². The van der Waals surface area contributed by atoms with Crippen LogP contribution in [-0.4, -0.2) is 245 Å². The number of benzene rings is 4. The largest absolute Gasteiger partial charge is 0.475 e. The van der Waals surface area contributed by atoms with Gasteiger partial charge in [0.1, 0.15) is 36.4 Å². The number of nitrogens with zero attached hydrogens (tertiary/aromatic N) is 8. The normalized spacial score (nSPS) is 25.2. The summed E-state index contributed by atoms with van der Waals surface area (Å²) in [6, 6.07) is 29.7. The molecule has 0 aromatic heterocycles. The Morgan fingerprint density at radius 2 is 0.681 bits per heavy atom. The van der Waals surface area contributed by atoms with Crippen molar-refractivity contribution >= 4 is 75.4 Å². The maximum Gasteiger partial charge on any atom is 0.475 e. The van der Waals surface area contributed by atoms with Gasteiger partial charge in [-0.3, -0.25) is 29.1 Å². The van der Waals surface area contributed by atoms with Crippen LogP contribution in [0.4, 0.5) is 28.8 Å². The highest BCUT2D eigenvalue weighted by Gasteiger charge is 2.48. The van der Waals surface area contributed by atoms with E-state index < -0.39 is 112 Å². The van der Waals surface area contributed by atoms with E-state index in [1.54, 1.807) is 31.5 Å². The molecule has 0 radical (unpaired) electrons. The minimum atomic E-state index is -1.71. The Morgan fingerprint density at radius 3 is 1.04 bits per heavy atom. The third-order valence-electron chi connectivity index (χ3n) is 23.8. The van der Waals surface area contributed by atoms with Crippen LogP contribution in [0.3, 0.4) is 0 Å². The molecule has 9 atom stereocenters. The fourth-order valence-electron chi connectivity index (χ4n) is 17.2. The minimum Gasteiger partial charge on any atom is -0.444 e. The monoisotopic (exact) mass is 1600 g/mol. The molecular weight excluding hydrogens is 1490 g/mol. The first kappa shape index (κ1) is 87.7. The SMILES string of the molecule is CN1CCCCCCCCC[C@@H](B(O)O)NC(=O)[C@@H]2C[C@@H](OC(=O)N3Cc4ccccc4C3)CN2C1=O.O=C1N[C@H](B(O)O)CCCCCCCCCN(Cc2ccccc2)C(=O)N2C[C@H](OC(=O)N3Cc4ccccc4C3)C[C@@H]12.O=C1N[C@H](B(O)O)CCCCCCCCCNC(=O)N2C[C@H](OC(=O)N3Cc4ccccc4C3)C[C@@H]12. The van der Waals surface area contributed by atoms with Crippen molar-refractivity contribution in [3.05, 3.63) is 142 Å². The molecule has 0 aliphatic carbocycles. The van der Waals surface area contributed by atoms with Crippen LogP contribution in [0.25, 0.3) is 0 Å². The Bertz CT molecular complexity index is 3840. The molecule has 116 heavy (non-hydrogen) atoms. The summed E-state index contributed by atoms with van der Waals surface area (Å²) in [6.45, 7) is 5.11. The Balaban J connectivity index is 0.000000172. The van der Waals surface area contributed by atoms with Crippen molar-refractivity contribution in [2.24, 2.45) is 0 Å². The van der Waals surface area contributed by atoms with Crippen molar-refractivity contribution < 1.29 is 87.5 Å². The van der Waals surface area contributed by atoms with Gasteiger partial charge in [0.05, 0.1) is 37.5 Å². The maximum atomic E-state index is 14.1. The molecule has 10 N–H and O–H groups in total. The lowest BCUT2D eigenvalue weighted by atomic mass is 9.76. The van der Waals surface area contributed by atoms with Crippen LogP contribution in [0.1, 0.15) is 212 Å². The smallest absolute Gasteiger partial charge is 0.444 e. The first-order valence-corrected chi connectivity index (χ1v) is 42.4. The lowest BCUT2D eigenvalue weighted by Crippen LogP contribution is -2.55. The third-order valence-corrected chi connectivity index (χ3v) is 23.8. The van der Waals surface area contributed by atoms with E-state index in [-0.39, 0.29) is 57.0 Å². The summed E-state index contributed by atoms with van der Waals surface area (Å²) >= 11 is 0. The predicted octanol–water partition coefficient (Wildman–Crippen LogP) is 8.02. The Morgan fingerprint density at radius 1 is 0.379 bits per heavy atom. The van der Waals surface area contributed by atoms with Crippen molar-refractivity contribution in [3.8, 4) is 0 Å². The van der Waals surface area contributed by atoms with E-state index in [4.69, 9.17) is 14.2 Å². The summed E-state index contributed by atoms with van der Waals surface area (Å²) in [4.78, 5) is 132. The molecule has 12 amide bonds. The second-order valence-corrected chi connectivity index (χ2v) is 32.6. The summed E-state index contributed by atoms with van der Waals surface area (Å²) in [5, 5.41) is 70.5. The second kappa shape index (κ2) is 43.9. The molecule has 30 nitrogen and oxygen atoms in total. The number of carbonyl (C=O) groups excluding carboxylic acids is 9. The van der Waals surface area contributed by atoms with Crippen LogP contribution >= 0.6 is 0 Å². The fourth-order valence-corrected chi connectivity index (χ4v) is 17.2. The molecule has 628 valence electrons. The second-order valence-electron chi connectivity index (χ2n) is 32.6. The lowest BCUT2D eigenvalue weighted by molar-refractivity contribution is -0.126. The molecule has 0 spiro atoms. The predicted molar refractivity (Wildman–Crippen MR) is 434 cm³/mol. The first-order chi connectivity index (χ1) is 56.1. The molecule has 6 saturated heterocycles. The molecule has 33 heteroatoms. The molecule has 6 fully saturated rings. The van der Waals surface area contributed by atoms with E-state index in [1.807, 2.05) is 103 Å². The lowest BCUT2D eigenvalue weighted by Gasteiger charge is -2.32. The summed E-state index contributed by atoms with van der Waals surface area (Å²) in [5.74, 6) is -3.88. The van der Waals surface area contributed by atoms with Gasteiger partial charge >= 0.3 is 57.7 Å². The Labute approximate surface area is 682 Å². The number of urea groups is 3. The van der Waals surface area contributed by atoms with Crippen molar-refractivity contribution in [2.75, 3.05) is 46.3 Å². The summed E-state index contributed by atoms with van der Waals surface area (Å²) in [6.07, 6.45) is 18.9. The van der Waals surface area contributed by atoms with Crippen molar-refractivity contribution in [1.29, 1.82) is 0 Å². The molecule has 9 heterocycles. The molecule has 9 aliphatic rings. The van der Waals surface area contributed by atoms with Gasteiger partial charge in [0.15, 0.2) is 0 Å². The molecule has 9 aliphatic heterocycles. The first-order valence-electron chi connectivity index (χ1n) is 42.4. The van der Waals surface area contributed by atoms with Gasteiger partial charge in [0, 0.05) is 91.8 Å². The van der Waals surface area contributed by atoms with E-state index >= 15 is 0 Å². The number of hydrogen-bond donors (Lipinski definition) is 10. The topological polar surface area (TPSA) is 377 Å². The van der Waals surface area contributed by atoms with Gasteiger partial charge in [0.2, 0.25) is 17.7 Å². The van der Waals surface area contributed by atoms with Crippen LogP contribution in [0, 0.1) is 0 Å². The molecule has 4 aromatic rings. The number of nitrogens with one attached hydrogen (secondary N) is 4. The maximum absolute atomic E-state index is 14.1. The van der Waals surface area contributed by atoms with E-state index in [0.717, 1.165) is 174 Å². The third kappa shape index (κ3) is 25.0. The van der Waals surface area contributed by atoms with E-state index in [1.165, 1.54) is 14.7 Å². The van der Waals surface area contributed by atoms with Crippen molar-refractivity contribution in [3.63, 3.8) is 0 Å². The van der Waals surface area contributed by atoms with Crippen LogP contribution in [0.15, 0.2) is 103 Å². The van der Waals surface area contributed by atoms with E-state index in [0.29, 0.717) is 84.7 Å². The molecule has 0 bridgehead atoms.